The van der Waals surface area contributed by atoms with Crippen LogP contribution < -0.4 is 10.6 Å². The molecule has 2 heterocycles. The van der Waals surface area contributed by atoms with E-state index in [1.807, 2.05) is 62.9 Å². The van der Waals surface area contributed by atoms with Gasteiger partial charge in [-0.15, -0.1) is 0 Å². The fraction of sp³-hybridized carbons (Fsp3) is 0.471. The molecule has 1 aliphatic heterocycles. The van der Waals surface area contributed by atoms with E-state index in [9.17, 15) is 14.4 Å². The number of benzene rings is 2. The van der Waals surface area contributed by atoms with E-state index in [4.69, 9.17) is 4.42 Å². The summed E-state index contributed by atoms with van der Waals surface area (Å²) in [5.41, 5.74) is 2.64. The van der Waals surface area contributed by atoms with Crippen LogP contribution in [0.1, 0.15) is 62.3 Å². The Balaban J connectivity index is 1.56. The van der Waals surface area contributed by atoms with Gasteiger partial charge >= 0.3 is 5.91 Å². The molecule has 2 aromatic carbocycles. The summed E-state index contributed by atoms with van der Waals surface area (Å²) in [7, 11) is 1.72. The standard InChI is InChI=1S/C34H45N5O4/c1-23-14-16-25(17-15-23)18-20-38(33(42)31-36-21-28(43-31)26-11-8-7-9-12-26)22-27-13-10-19-39(27)32(41)29(34(3,4)5)37-30(40)24(2)35-6/h7-9,11-12,14-17,21,24,27,29,35H,10,13,18-20,22H2,1-6H3,(H,37,40)/t24-,27-,29+/m0/s1. The highest BCUT2D eigenvalue weighted by Gasteiger charge is 2.41. The first kappa shape index (κ1) is 31.9. The van der Waals surface area contributed by atoms with Crippen molar-refractivity contribution >= 4 is 17.7 Å². The Morgan fingerprint density at radius 2 is 1.79 bits per heavy atom. The number of likely N-dealkylation sites (tertiary alicyclic amines) is 1. The molecular formula is C34H45N5O4. The smallest absolute Gasteiger partial charge is 0.309 e. The first-order valence-corrected chi connectivity index (χ1v) is 15.1. The summed E-state index contributed by atoms with van der Waals surface area (Å²) in [5.74, 6) is -0.101. The highest BCUT2D eigenvalue weighted by atomic mass is 16.4. The van der Waals surface area contributed by atoms with E-state index in [0.29, 0.717) is 31.8 Å². The van der Waals surface area contributed by atoms with Gasteiger partial charge in [-0.1, -0.05) is 80.9 Å². The number of carbonyl (C=O) groups is 3. The van der Waals surface area contributed by atoms with Crippen molar-refractivity contribution in [2.45, 2.75) is 72.0 Å². The molecule has 1 aromatic heterocycles. The molecule has 1 aliphatic rings. The maximum absolute atomic E-state index is 14.0. The van der Waals surface area contributed by atoms with Crippen LogP contribution >= 0.6 is 0 Å². The SMILES string of the molecule is CN[C@@H](C)C(=O)N[C@H](C(=O)N1CCC[C@H]1CN(CCc1ccc(C)cc1)C(=O)c1ncc(-c2ccccc2)o1)C(C)(C)C. The van der Waals surface area contributed by atoms with Gasteiger partial charge in [0.1, 0.15) is 6.04 Å². The van der Waals surface area contributed by atoms with Gasteiger partial charge in [0, 0.05) is 31.2 Å². The van der Waals surface area contributed by atoms with Gasteiger partial charge in [-0.05, 0) is 51.1 Å². The predicted molar refractivity (Wildman–Crippen MR) is 167 cm³/mol. The lowest BCUT2D eigenvalue weighted by molar-refractivity contribution is -0.140. The van der Waals surface area contributed by atoms with Crippen LogP contribution in [0.3, 0.4) is 0 Å². The van der Waals surface area contributed by atoms with Gasteiger partial charge in [0.05, 0.1) is 12.2 Å². The van der Waals surface area contributed by atoms with Crippen LogP contribution in [0.5, 0.6) is 0 Å². The summed E-state index contributed by atoms with van der Waals surface area (Å²) in [6.07, 6.45) is 3.82. The van der Waals surface area contributed by atoms with Crippen molar-refractivity contribution in [2.24, 2.45) is 5.41 Å². The molecule has 0 unspecified atom stereocenters. The molecular weight excluding hydrogens is 542 g/mol. The van der Waals surface area contributed by atoms with Gasteiger partial charge in [0.25, 0.3) is 5.89 Å². The molecule has 2 N–H and O–H groups in total. The maximum atomic E-state index is 14.0. The molecule has 0 bridgehead atoms. The third-order valence-corrected chi connectivity index (χ3v) is 8.14. The van der Waals surface area contributed by atoms with E-state index < -0.39 is 17.5 Å². The van der Waals surface area contributed by atoms with E-state index in [-0.39, 0.29) is 29.7 Å². The van der Waals surface area contributed by atoms with Gasteiger partial charge in [-0.2, -0.15) is 0 Å². The van der Waals surface area contributed by atoms with E-state index in [1.165, 1.54) is 5.56 Å². The molecule has 9 nitrogen and oxygen atoms in total. The van der Waals surface area contributed by atoms with Crippen molar-refractivity contribution in [2.75, 3.05) is 26.7 Å². The maximum Gasteiger partial charge on any atom is 0.309 e. The third kappa shape index (κ3) is 8.10. The second kappa shape index (κ2) is 14.0. The molecule has 0 spiro atoms. The van der Waals surface area contributed by atoms with E-state index >= 15 is 0 Å². The molecule has 4 rings (SSSR count). The second-order valence-corrected chi connectivity index (χ2v) is 12.5. The van der Waals surface area contributed by atoms with E-state index in [0.717, 1.165) is 24.0 Å². The Hall–Kier alpha value is -3.98. The number of rotatable bonds is 11. The summed E-state index contributed by atoms with van der Waals surface area (Å²) in [6.45, 7) is 11.0. The van der Waals surface area contributed by atoms with Crippen molar-refractivity contribution in [3.63, 3.8) is 0 Å². The largest absolute Gasteiger partial charge is 0.432 e. The number of amides is 3. The van der Waals surface area contributed by atoms with Gasteiger partial charge in [-0.3, -0.25) is 14.4 Å². The number of likely N-dealkylation sites (N-methyl/N-ethyl adjacent to an activating group) is 1. The molecule has 1 saturated heterocycles. The molecule has 3 aromatic rings. The summed E-state index contributed by atoms with van der Waals surface area (Å²) in [5, 5.41) is 5.92. The van der Waals surface area contributed by atoms with Crippen LogP contribution in [-0.2, 0) is 16.0 Å². The van der Waals surface area contributed by atoms with Crippen LogP contribution in [0.25, 0.3) is 11.3 Å². The van der Waals surface area contributed by atoms with Crippen LogP contribution in [0.2, 0.25) is 0 Å². The number of carbonyl (C=O) groups excluding carboxylic acids is 3. The summed E-state index contributed by atoms with van der Waals surface area (Å²) in [6, 6.07) is 16.5. The molecule has 0 aliphatic carbocycles. The molecule has 3 atom stereocenters. The molecule has 0 radical (unpaired) electrons. The quantitative estimate of drug-likeness (QED) is 0.343. The average molecular weight is 588 g/mol. The Morgan fingerprint density at radius 1 is 1.09 bits per heavy atom. The molecule has 230 valence electrons. The van der Waals surface area contributed by atoms with Crippen molar-refractivity contribution in [3.05, 3.63) is 77.8 Å². The zero-order chi connectivity index (χ0) is 31.1. The molecule has 3 amide bonds. The monoisotopic (exact) mass is 587 g/mol. The second-order valence-electron chi connectivity index (χ2n) is 12.5. The number of oxazole rings is 1. The fourth-order valence-electron chi connectivity index (χ4n) is 5.32. The van der Waals surface area contributed by atoms with Gasteiger partial charge < -0.3 is 24.9 Å². The van der Waals surface area contributed by atoms with Gasteiger partial charge in [-0.25, -0.2) is 4.98 Å². The Morgan fingerprint density at radius 3 is 2.44 bits per heavy atom. The minimum atomic E-state index is -0.701. The van der Waals surface area contributed by atoms with Crippen molar-refractivity contribution in [3.8, 4) is 11.3 Å². The van der Waals surface area contributed by atoms with Crippen molar-refractivity contribution in [1.29, 1.82) is 0 Å². The van der Waals surface area contributed by atoms with E-state index in [1.54, 1.807) is 25.1 Å². The topological polar surface area (TPSA) is 108 Å². The first-order chi connectivity index (χ1) is 20.5. The van der Waals surface area contributed by atoms with Crippen molar-refractivity contribution < 1.29 is 18.8 Å². The Labute approximate surface area is 255 Å². The fourth-order valence-corrected chi connectivity index (χ4v) is 5.32. The first-order valence-electron chi connectivity index (χ1n) is 15.1. The van der Waals surface area contributed by atoms with Crippen LogP contribution in [-0.4, -0.2) is 77.3 Å². The lowest BCUT2D eigenvalue weighted by Crippen LogP contribution is -2.59. The number of aromatic nitrogens is 1. The molecule has 1 fully saturated rings. The van der Waals surface area contributed by atoms with E-state index in [2.05, 4.69) is 39.9 Å². The summed E-state index contributed by atoms with van der Waals surface area (Å²) < 4.78 is 5.94. The third-order valence-electron chi connectivity index (χ3n) is 8.14. The van der Waals surface area contributed by atoms with Crippen LogP contribution in [0.4, 0.5) is 0 Å². The Bertz CT molecular complexity index is 1380. The van der Waals surface area contributed by atoms with Crippen LogP contribution in [0, 0.1) is 12.3 Å². The van der Waals surface area contributed by atoms with Gasteiger partial charge in [0.2, 0.25) is 11.8 Å². The molecule has 43 heavy (non-hydrogen) atoms. The zero-order valence-corrected chi connectivity index (χ0v) is 26.2. The summed E-state index contributed by atoms with van der Waals surface area (Å²) >= 11 is 0. The molecule has 9 heteroatoms. The Kier molecular flexibility index (Phi) is 10.4. The van der Waals surface area contributed by atoms with Gasteiger partial charge in [0.15, 0.2) is 5.76 Å². The lowest BCUT2D eigenvalue weighted by atomic mass is 9.85. The zero-order valence-electron chi connectivity index (χ0n) is 26.2. The highest BCUT2D eigenvalue weighted by molar-refractivity contribution is 5.91. The number of nitrogens with zero attached hydrogens (tertiary/aromatic N) is 3. The molecule has 0 saturated carbocycles. The number of nitrogens with one attached hydrogen (secondary N) is 2. The normalized spacial score (nSPS) is 16.5. The minimum Gasteiger partial charge on any atom is -0.432 e. The lowest BCUT2D eigenvalue weighted by Gasteiger charge is -2.37. The van der Waals surface area contributed by atoms with Crippen molar-refractivity contribution in [1.82, 2.24) is 25.4 Å². The number of hydrogen-bond donors (Lipinski definition) is 2. The average Bonchev–Trinajstić information content (AvgIpc) is 3.68. The summed E-state index contributed by atoms with van der Waals surface area (Å²) in [4.78, 5) is 48.6. The predicted octanol–water partition coefficient (Wildman–Crippen LogP) is 4.46. The van der Waals surface area contributed by atoms with Crippen LogP contribution in [0.15, 0.2) is 65.2 Å². The highest BCUT2D eigenvalue weighted by Crippen LogP contribution is 2.27. The number of aryl methyl sites for hydroxylation is 1. The number of hydrogen-bond acceptors (Lipinski definition) is 6. The minimum absolute atomic E-state index is 0.0273.